The molecule has 0 N–H and O–H groups in total. The Hall–Kier alpha value is -2.17. The highest BCUT2D eigenvalue weighted by Crippen LogP contribution is 2.31. The van der Waals surface area contributed by atoms with E-state index in [-0.39, 0.29) is 23.1 Å². The number of carbonyl (C=O) groups excluding carboxylic acids is 1. The smallest absolute Gasteiger partial charge is 0.253 e. The minimum absolute atomic E-state index is 0.0562. The Kier molecular flexibility index (Phi) is 4.43. The second-order valence-electron chi connectivity index (χ2n) is 7.39. The van der Waals surface area contributed by atoms with Crippen molar-refractivity contribution in [2.75, 3.05) is 13.1 Å². The molecule has 1 aliphatic rings. The monoisotopic (exact) mass is 330 g/mol. The molecule has 128 valence electrons. The zero-order valence-electron chi connectivity index (χ0n) is 14.4. The summed E-state index contributed by atoms with van der Waals surface area (Å²) in [5, 5.41) is 0. The summed E-state index contributed by atoms with van der Waals surface area (Å²) in [6.45, 7) is 7.55. The summed E-state index contributed by atoms with van der Waals surface area (Å²) in [4.78, 5) is 18.7. The molecule has 0 radical (unpaired) electrons. The van der Waals surface area contributed by atoms with Crippen molar-refractivity contribution in [1.82, 2.24) is 9.88 Å². The third kappa shape index (κ3) is 3.50. The van der Waals surface area contributed by atoms with Gasteiger partial charge in [-0.2, -0.15) is 0 Å². The molecule has 3 rings (SSSR count). The minimum atomic E-state index is -0.384. The van der Waals surface area contributed by atoms with Gasteiger partial charge in [-0.15, -0.1) is 0 Å². The summed E-state index contributed by atoms with van der Waals surface area (Å²) in [5.41, 5.74) is 0.346. The van der Waals surface area contributed by atoms with Crippen LogP contribution in [0.1, 0.15) is 61.5 Å². The van der Waals surface area contributed by atoms with E-state index in [4.69, 9.17) is 4.42 Å². The number of nitrogens with zero attached hydrogens (tertiary/aromatic N) is 2. The molecule has 24 heavy (non-hydrogen) atoms. The van der Waals surface area contributed by atoms with Gasteiger partial charge in [-0.3, -0.25) is 4.79 Å². The molecule has 1 aromatic carbocycles. The first-order chi connectivity index (χ1) is 11.3. The molecule has 0 atom stereocenters. The molecule has 1 saturated heterocycles. The van der Waals surface area contributed by atoms with Crippen molar-refractivity contribution in [3.8, 4) is 0 Å². The van der Waals surface area contributed by atoms with E-state index < -0.39 is 0 Å². The summed E-state index contributed by atoms with van der Waals surface area (Å²) in [5.74, 6) is 1.38. The fourth-order valence-electron chi connectivity index (χ4n) is 2.96. The number of hydrogen-bond donors (Lipinski definition) is 0. The Morgan fingerprint density at radius 1 is 1.29 bits per heavy atom. The van der Waals surface area contributed by atoms with Gasteiger partial charge in [0.2, 0.25) is 0 Å². The summed E-state index contributed by atoms with van der Waals surface area (Å²) in [6, 6.07) is 5.85. The first-order valence-corrected chi connectivity index (χ1v) is 8.35. The molecule has 5 heteroatoms. The lowest BCUT2D eigenvalue weighted by Gasteiger charge is -2.30. The number of oxazole rings is 1. The van der Waals surface area contributed by atoms with Gasteiger partial charge < -0.3 is 9.32 Å². The van der Waals surface area contributed by atoms with E-state index in [0.29, 0.717) is 18.7 Å². The topological polar surface area (TPSA) is 46.3 Å². The van der Waals surface area contributed by atoms with Gasteiger partial charge in [0.1, 0.15) is 11.6 Å². The maximum absolute atomic E-state index is 13.3. The molecule has 1 aromatic heterocycles. The van der Waals surface area contributed by atoms with Crippen LogP contribution in [0.5, 0.6) is 0 Å². The minimum Gasteiger partial charge on any atom is -0.445 e. The normalized spacial score (nSPS) is 16.4. The predicted molar refractivity (Wildman–Crippen MR) is 89.5 cm³/mol. The summed E-state index contributed by atoms with van der Waals surface area (Å²) < 4.78 is 19.2. The lowest BCUT2D eigenvalue weighted by atomic mass is 9.94. The Bertz CT molecular complexity index is 725. The molecule has 2 aromatic rings. The molecule has 0 unspecified atom stereocenters. The van der Waals surface area contributed by atoms with E-state index >= 15 is 0 Å². The van der Waals surface area contributed by atoms with Crippen LogP contribution in [0.4, 0.5) is 4.39 Å². The number of hydrogen-bond acceptors (Lipinski definition) is 3. The van der Waals surface area contributed by atoms with Crippen molar-refractivity contribution in [1.29, 1.82) is 0 Å². The van der Waals surface area contributed by atoms with E-state index in [9.17, 15) is 9.18 Å². The largest absolute Gasteiger partial charge is 0.445 e. The van der Waals surface area contributed by atoms with E-state index in [1.807, 2.05) is 0 Å². The van der Waals surface area contributed by atoms with Crippen LogP contribution >= 0.6 is 0 Å². The van der Waals surface area contributed by atoms with Gasteiger partial charge >= 0.3 is 0 Å². The average Bonchev–Trinajstić information content (AvgIpc) is 3.04. The van der Waals surface area contributed by atoms with E-state index in [1.54, 1.807) is 23.2 Å². The number of rotatable bonds is 2. The third-order valence-electron chi connectivity index (χ3n) is 4.47. The molecule has 0 saturated carbocycles. The highest BCUT2D eigenvalue weighted by atomic mass is 19.1. The summed E-state index contributed by atoms with van der Waals surface area (Å²) in [6.07, 6.45) is 3.43. The van der Waals surface area contributed by atoms with Gasteiger partial charge in [-0.05, 0) is 31.0 Å². The number of carbonyl (C=O) groups is 1. The van der Waals surface area contributed by atoms with Gasteiger partial charge in [-0.25, -0.2) is 9.37 Å². The Balaban J connectivity index is 1.63. The maximum Gasteiger partial charge on any atom is 0.253 e. The van der Waals surface area contributed by atoms with Crippen molar-refractivity contribution in [3.63, 3.8) is 0 Å². The number of piperidine rings is 1. The summed E-state index contributed by atoms with van der Waals surface area (Å²) in [7, 11) is 0. The predicted octanol–water partition coefficient (Wildman–Crippen LogP) is 4.13. The van der Waals surface area contributed by atoms with Crippen LogP contribution in [0.15, 0.2) is 34.9 Å². The lowest BCUT2D eigenvalue weighted by molar-refractivity contribution is 0.0705. The van der Waals surface area contributed by atoms with Crippen molar-refractivity contribution in [3.05, 3.63) is 53.5 Å². The van der Waals surface area contributed by atoms with Gasteiger partial charge in [0.25, 0.3) is 5.91 Å². The van der Waals surface area contributed by atoms with Gasteiger partial charge in [0.05, 0.1) is 6.20 Å². The van der Waals surface area contributed by atoms with Crippen molar-refractivity contribution >= 4 is 5.91 Å². The second kappa shape index (κ2) is 6.38. The SMILES string of the molecule is CC(C)(C)c1cnc(C2CCN(C(=O)c3cccc(F)c3)CC2)o1. The Morgan fingerprint density at radius 2 is 2.00 bits per heavy atom. The molecule has 0 aliphatic carbocycles. The van der Waals surface area contributed by atoms with Crippen LogP contribution in [0.25, 0.3) is 0 Å². The van der Waals surface area contributed by atoms with Crippen LogP contribution in [0.3, 0.4) is 0 Å². The molecular formula is C19H23FN2O2. The highest BCUT2D eigenvalue weighted by Gasteiger charge is 2.28. The quantitative estimate of drug-likeness (QED) is 0.832. The molecule has 0 bridgehead atoms. The van der Waals surface area contributed by atoms with E-state index in [0.717, 1.165) is 24.5 Å². The number of benzene rings is 1. The molecule has 2 heterocycles. The Labute approximate surface area is 141 Å². The zero-order chi connectivity index (χ0) is 17.3. The number of halogens is 1. The highest BCUT2D eigenvalue weighted by molar-refractivity contribution is 5.94. The number of likely N-dealkylation sites (tertiary alicyclic amines) is 1. The van der Waals surface area contributed by atoms with Crippen LogP contribution in [0, 0.1) is 5.82 Å². The van der Waals surface area contributed by atoms with Crippen molar-refractivity contribution in [2.45, 2.75) is 44.9 Å². The zero-order valence-corrected chi connectivity index (χ0v) is 14.4. The van der Waals surface area contributed by atoms with Crippen molar-refractivity contribution < 1.29 is 13.6 Å². The molecule has 1 amide bonds. The number of amides is 1. The summed E-state index contributed by atoms with van der Waals surface area (Å²) >= 11 is 0. The number of aromatic nitrogens is 1. The van der Waals surface area contributed by atoms with Crippen LogP contribution in [0.2, 0.25) is 0 Å². The maximum atomic E-state index is 13.3. The van der Waals surface area contributed by atoms with E-state index in [1.165, 1.54) is 12.1 Å². The van der Waals surface area contributed by atoms with Gasteiger partial charge in [0, 0.05) is 30.0 Å². The average molecular weight is 330 g/mol. The van der Waals surface area contributed by atoms with Crippen LogP contribution in [-0.4, -0.2) is 28.9 Å². The van der Waals surface area contributed by atoms with Gasteiger partial charge in [0.15, 0.2) is 5.89 Å². The molecule has 1 aliphatic heterocycles. The second-order valence-corrected chi connectivity index (χ2v) is 7.39. The first-order valence-electron chi connectivity index (χ1n) is 8.35. The van der Waals surface area contributed by atoms with Crippen LogP contribution in [-0.2, 0) is 5.41 Å². The fraction of sp³-hybridized carbons (Fsp3) is 0.474. The van der Waals surface area contributed by atoms with Crippen LogP contribution < -0.4 is 0 Å². The van der Waals surface area contributed by atoms with Gasteiger partial charge in [-0.1, -0.05) is 26.8 Å². The molecular weight excluding hydrogens is 307 g/mol. The van der Waals surface area contributed by atoms with E-state index in [2.05, 4.69) is 25.8 Å². The molecule has 1 fully saturated rings. The van der Waals surface area contributed by atoms with Crippen molar-refractivity contribution in [2.24, 2.45) is 0 Å². The lowest BCUT2D eigenvalue weighted by Crippen LogP contribution is -2.38. The molecule has 4 nitrogen and oxygen atoms in total. The fourth-order valence-corrected chi connectivity index (χ4v) is 2.96. The molecule has 0 spiro atoms. The first kappa shape index (κ1) is 16.7. The Morgan fingerprint density at radius 3 is 2.58 bits per heavy atom. The third-order valence-corrected chi connectivity index (χ3v) is 4.47. The standard InChI is InChI=1S/C19H23FN2O2/c1-19(2,3)16-12-21-17(24-16)13-7-9-22(10-8-13)18(23)14-5-4-6-15(20)11-14/h4-6,11-13H,7-10H2,1-3H3.